The van der Waals surface area contributed by atoms with Gasteiger partial charge in [-0.15, -0.1) is 0 Å². The van der Waals surface area contributed by atoms with Crippen molar-refractivity contribution in [2.24, 2.45) is 5.73 Å². The first-order valence-electron chi connectivity index (χ1n) is 11.5. The van der Waals surface area contributed by atoms with Gasteiger partial charge in [0.05, 0.1) is 24.9 Å². The average molecular weight is 568 g/mol. The quantitative estimate of drug-likeness (QED) is 0.0751. The zero-order valence-electron chi connectivity index (χ0n) is 21.2. The van der Waals surface area contributed by atoms with E-state index in [-0.39, 0.29) is 0 Å². The molecule has 0 rings (SSSR count). The van der Waals surface area contributed by atoms with Crippen LogP contribution in [-0.2, 0) is 28.8 Å². The Kier molecular flexibility index (Phi) is 16.1. The highest BCUT2D eigenvalue weighted by molar-refractivity contribution is 7.98. The third kappa shape index (κ3) is 12.5. The first kappa shape index (κ1) is 35.0. The third-order valence-electron chi connectivity index (χ3n) is 5.17. The molecule has 0 fully saturated rings. The van der Waals surface area contributed by atoms with Crippen LogP contribution in [0.5, 0.6) is 0 Å². The molecule has 0 aliphatic carbocycles. The molecule has 38 heavy (non-hydrogen) atoms. The number of rotatable bonds is 18. The van der Waals surface area contributed by atoms with E-state index in [1.807, 2.05) is 11.6 Å². The van der Waals surface area contributed by atoms with E-state index in [2.05, 4.69) is 16.0 Å². The van der Waals surface area contributed by atoms with Crippen LogP contribution in [0.15, 0.2) is 0 Å². The summed E-state index contributed by atoms with van der Waals surface area (Å²) >= 11 is 1.45. The van der Waals surface area contributed by atoms with Gasteiger partial charge in [-0.1, -0.05) is 0 Å². The number of aliphatic hydroxyl groups is 3. The molecular formula is C21H37N5O11S. The van der Waals surface area contributed by atoms with Crippen LogP contribution in [0.2, 0.25) is 0 Å². The van der Waals surface area contributed by atoms with Gasteiger partial charge in [-0.05, 0) is 38.7 Å². The van der Waals surface area contributed by atoms with Gasteiger partial charge in [-0.2, -0.15) is 11.8 Å². The van der Waals surface area contributed by atoms with Crippen molar-refractivity contribution in [3.8, 4) is 0 Å². The number of thioether (sulfide) groups is 1. The van der Waals surface area contributed by atoms with E-state index >= 15 is 0 Å². The molecule has 0 saturated heterocycles. The molecule has 0 spiro atoms. The Morgan fingerprint density at radius 3 is 1.71 bits per heavy atom. The Hall–Kier alpha value is -2.99. The molecule has 0 heterocycles. The third-order valence-corrected chi connectivity index (χ3v) is 5.82. The number of hydrogen-bond acceptors (Lipinski definition) is 11. The predicted octanol–water partition coefficient (Wildman–Crippen LogP) is -4.29. The number of carboxylic acids is 2. The lowest BCUT2D eigenvalue weighted by atomic mass is 10.1. The zero-order chi connectivity index (χ0) is 29.6. The first-order valence-corrected chi connectivity index (χ1v) is 12.9. The zero-order valence-corrected chi connectivity index (χ0v) is 22.1. The second kappa shape index (κ2) is 17.5. The van der Waals surface area contributed by atoms with Gasteiger partial charge in [-0.3, -0.25) is 24.0 Å². The van der Waals surface area contributed by atoms with Crippen molar-refractivity contribution in [2.45, 2.75) is 75.5 Å². The number of aliphatic carboxylic acids is 2. The molecule has 0 unspecified atom stereocenters. The van der Waals surface area contributed by atoms with Crippen molar-refractivity contribution in [2.75, 3.05) is 18.6 Å². The number of carbonyl (C=O) groups is 6. The maximum atomic E-state index is 12.7. The minimum absolute atomic E-state index is 0.292. The summed E-state index contributed by atoms with van der Waals surface area (Å²) in [6.45, 7) is 1.29. The lowest BCUT2D eigenvalue weighted by Gasteiger charge is -2.26. The van der Waals surface area contributed by atoms with E-state index in [1.165, 1.54) is 18.7 Å². The maximum absolute atomic E-state index is 12.7. The Morgan fingerprint density at radius 2 is 1.26 bits per heavy atom. The highest BCUT2D eigenvalue weighted by atomic mass is 32.2. The van der Waals surface area contributed by atoms with Gasteiger partial charge in [0.25, 0.3) is 0 Å². The summed E-state index contributed by atoms with van der Waals surface area (Å²) in [6, 6.07) is -7.63. The van der Waals surface area contributed by atoms with Crippen molar-refractivity contribution >= 4 is 47.3 Å². The minimum atomic E-state index is -1.77. The van der Waals surface area contributed by atoms with Gasteiger partial charge in [0.1, 0.15) is 18.1 Å². The molecule has 0 radical (unpaired) electrons. The summed E-state index contributed by atoms with van der Waals surface area (Å²) < 4.78 is 0. The molecule has 11 N–H and O–H groups in total. The van der Waals surface area contributed by atoms with Crippen LogP contribution in [0, 0.1) is 0 Å². The monoisotopic (exact) mass is 567 g/mol. The highest BCUT2D eigenvalue weighted by Gasteiger charge is 2.34. The van der Waals surface area contributed by atoms with Crippen molar-refractivity contribution in [3.05, 3.63) is 0 Å². The van der Waals surface area contributed by atoms with Crippen LogP contribution in [-0.4, -0.2) is 122 Å². The number of carboxylic acid groups (broad SMARTS) is 2. The van der Waals surface area contributed by atoms with Crippen LogP contribution in [0.25, 0.3) is 0 Å². The average Bonchev–Trinajstić information content (AvgIpc) is 2.83. The number of hydrogen-bond donors (Lipinski definition) is 10. The van der Waals surface area contributed by atoms with Crippen molar-refractivity contribution in [3.63, 3.8) is 0 Å². The second-order valence-electron chi connectivity index (χ2n) is 8.42. The number of nitrogens with one attached hydrogen (secondary N) is 4. The molecule has 17 heteroatoms. The van der Waals surface area contributed by atoms with Crippen molar-refractivity contribution < 1.29 is 54.3 Å². The maximum Gasteiger partial charge on any atom is 0.328 e. The number of carbonyl (C=O) groups excluding carboxylic acids is 4. The Labute approximate surface area is 223 Å². The van der Waals surface area contributed by atoms with Gasteiger partial charge in [0.2, 0.25) is 23.6 Å². The molecule has 0 bridgehead atoms. The molecule has 0 saturated carbocycles. The summed E-state index contributed by atoms with van der Waals surface area (Å²) in [4.78, 5) is 72.5. The van der Waals surface area contributed by atoms with E-state index in [9.17, 15) is 44.1 Å². The van der Waals surface area contributed by atoms with Crippen LogP contribution in [0.4, 0.5) is 0 Å². The van der Waals surface area contributed by atoms with Crippen LogP contribution in [0.1, 0.15) is 33.1 Å². The van der Waals surface area contributed by atoms with Gasteiger partial charge in [-0.25, -0.2) is 4.79 Å². The second-order valence-corrected chi connectivity index (χ2v) is 9.40. The molecule has 0 aliphatic rings. The number of aliphatic hydroxyl groups excluding tert-OH is 3. The lowest BCUT2D eigenvalue weighted by Crippen LogP contribution is -2.61. The van der Waals surface area contributed by atoms with E-state index < -0.39 is 97.4 Å². The molecule has 218 valence electrons. The van der Waals surface area contributed by atoms with E-state index in [0.29, 0.717) is 12.2 Å². The fourth-order valence-corrected chi connectivity index (χ4v) is 3.44. The normalized spacial score (nSPS) is 16.5. The fraction of sp³-hybridized carbons (Fsp3) is 0.714. The Morgan fingerprint density at radius 1 is 0.763 bits per heavy atom. The molecule has 4 amide bonds. The summed E-state index contributed by atoms with van der Waals surface area (Å²) in [5, 5.41) is 55.7. The predicted molar refractivity (Wildman–Crippen MR) is 134 cm³/mol. The van der Waals surface area contributed by atoms with Crippen LogP contribution >= 0.6 is 11.8 Å². The van der Waals surface area contributed by atoms with Crippen molar-refractivity contribution in [1.29, 1.82) is 0 Å². The highest BCUT2D eigenvalue weighted by Crippen LogP contribution is 2.04. The summed E-state index contributed by atoms with van der Waals surface area (Å²) in [5.74, 6) is -6.44. The van der Waals surface area contributed by atoms with Crippen LogP contribution in [0.3, 0.4) is 0 Å². The Balaban J connectivity index is 5.54. The largest absolute Gasteiger partial charge is 0.481 e. The summed E-state index contributed by atoms with van der Waals surface area (Å²) in [6.07, 6.45) is -1.97. The lowest BCUT2D eigenvalue weighted by molar-refractivity contribution is -0.145. The van der Waals surface area contributed by atoms with Gasteiger partial charge in [0.15, 0.2) is 6.04 Å². The first-order chi connectivity index (χ1) is 17.7. The van der Waals surface area contributed by atoms with E-state index in [1.54, 1.807) is 0 Å². The van der Waals surface area contributed by atoms with Gasteiger partial charge in [0, 0.05) is 6.42 Å². The van der Waals surface area contributed by atoms with Gasteiger partial charge < -0.3 is 52.5 Å². The van der Waals surface area contributed by atoms with Crippen molar-refractivity contribution in [1.82, 2.24) is 21.3 Å². The Bertz CT molecular complexity index is 842. The van der Waals surface area contributed by atoms with Crippen LogP contribution < -0.4 is 27.0 Å². The smallest absolute Gasteiger partial charge is 0.328 e. The van der Waals surface area contributed by atoms with E-state index in [4.69, 9.17) is 15.9 Å². The number of amides is 4. The molecular weight excluding hydrogens is 530 g/mol. The van der Waals surface area contributed by atoms with Gasteiger partial charge >= 0.3 is 11.9 Å². The standard InChI is InChI=1S/C21H37N5O11S/c1-9(28)15(25-17(32)11(22)6-7-38-3)20(35)24-13(8-27)19(34)23-12(4-5-14(30)31)18(33)26-16(10(2)29)21(36)37/h9-13,15-16,27-29H,4-8,22H2,1-3H3,(H,23,34)(H,24,35)(H,25,32)(H,26,33)(H,30,31)(H,36,37)/t9-,10-,11+,12+,13+,15+,16+/m1/s1. The molecule has 0 aliphatic heterocycles. The molecule has 0 aromatic rings. The fourth-order valence-electron chi connectivity index (χ4n) is 2.95. The minimum Gasteiger partial charge on any atom is -0.481 e. The number of nitrogens with two attached hydrogens (primary N) is 1. The molecule has 16 nitrogen and oxygen atoms in total. The molecule has 0 aromatic heterocycles. The topological polar surface area (TPSA) is 278 Å². The summed E-state index contributed by atoms with van der Waals surface area (Å²) in [5.41, 5.74) is 5.76. The SMILES string of the molecule is CSCC[C@H](N)C(=O)N[C@H](C(=O)N[C@@H](CO)C(=O)N[C@@H](CCC(=O)O)C(=O)N[C@H](C(=O)O)[C@@H](C)O)[C@@H](C)O. The molecule has 7 atom stereocenters. The van der Waals surface area contributed by atoms with E-state index in [0.717, 1.165) is 6.92 Å². The summed E-state index contributed by atoms with van der Waals surface area (Å²) in [7, 11) is 0. The molecule has 0 aromatic carbocycles.